The van der Waals surface area contributed by atoms with E-state index in [0.29, 0.717) is 24.0 Å². The van der Waals surface area contributed by atoms with Crippen LogP contribution in [-0.2, 0) is 0 Å². The van der Waals surface area contributed by atoms with E-state index in [2.05, 4.69) is 25.7 Å². The topological polar surface area (TPSA) is 29.5 Å². The Hall–Kier alpha value is -1.35. The molecule has 1 aromatic carbocycles. The summed E-state index contributed by atoms with van der Waals surface area (Å²) >= 11 is 0. The SMILES string of the molecule is CCCCN(CCOc1ccccc1C(C)=O)C(C)CC. The molecule has 21 heavy (non-hydrogen) atoms. The second-order valence-corrected chi connectivity index (χ2v) is 5.55. The Morgan fingerprint density at radius 2 is 1.95 bits per heavy atom. The van der Waals surface area contributed by atoms with Gasteiger partial charge in [0.2, 0.25) is 0 Å². The Bertz CT molecular complexity index is 431. The van der Waals surface area contributed by atoms with Crippen molar-refractivity contribution < 1.29 is 9.53 Å². The highest BCUT2D eigenvalue weighted by atomic mass is 16.5. The Balaban J connectivity index is 2.55. The molecule has 118 valence electrons. The Morgan fingerprint density at radius 3 is 2.57 bits per heavy atom. The molecule has 0 radical (unpaired) electrons. The van der Waals surface area contributed by atoms with Crippen LogP contribution in [0.25, 0.3) is 0 Å². The molecule has 1 rings (SSSR count). The maximum absolute atomic E-state index is 11.6. The quantitative estimate of drug-likeness (QED) is 0.606. The highest BCUT2D eigenvalue weighted by Crippen LogP contribution is 2.18. The molecule has 0 spiro atoms. The Morgan fingerprint density at radius 1 is 1.24 bits per heavy atom. The van der Waals surface area contributed by atoms with Gasteiger partial charge in [0.05, 0.1) is 5.56 Å². The minimum atomic E-state index is 0.0513. The van der Waals surface area contributed by atoms with E-state index in [4.69, 9.17) is 4.74 Å². The molecule has 0 fully saturated rings. The molecule has 0 saturated heterocycles. The molecule has 0 bridgehead atoms. The molecule has 0 amide bonds. The normalized spacial score (nSPS) is 12.4. The predicted octanol–water partition coefficient (Wildman–Crippen LogP) is 4.17. The summed E-state index contributed by atoms with van der Waals surface area (Å²) in [6, 6.07) is 8.04. The lowest BCUT2D eigenvalue weighted by molar-refractivity contribution is 0.101. The number of ketones is 1. The van der Waals surface area contributed by atoms with Gasteiger partial charge in [0.1, 0.15) is 12.4 Å². The number of para-hydroxylation sites is 1. The minimum absolute atomic E-state index is 0.0513. The zero-order valence-electron chi connectivity index (χ0n) is 13.9. The summed E-state index contributed by atoms with van der Waals surface area (Å²) in [4.78, 5) is 14.0. The Kier molecular flexibility index (Phi) is 8.06. The van der Waals surface area contributed by atoms with Gasteiger partial charge in [-0.05, 0) is 45.4 Å². The van der Waals surface area contributed by atoms with Crippen LogP contribution in [-0.4, -0.2) is 36.4 Å². The van der Waals surface area contributed by atoms with Gasteiger partial charge in [-0.25, -0.2) is 0 Å². The minimum Gasteiger partial charge on any atom is -0.491 e. The number of nitrogens with zero attached hydrogens (tertiary/aromatic N) is 1. The third kappa shape index (κ3) is 5.88. The van der Waals surface area contributed by atoms with Crippen molar-refractivity contribution in [3.05, 3.63) is 29.8 Å². The standard InChI is InChI=1S/C18H29NO2/c1-5-7-12-19(15(3)6-2)13-14-21-18-11-9-8-10-17(18)16(4)20/h8-11,15H,5-7,12-14H2,1-4H3. The second kappa shape index (κ2) is 9.56. The second-order valence-electron chi connectivity index (χ2n) is 5.55. The van der Waals surface area contributed by atoms with Crippen LogP contribution in [0.5, 0.6) is 5.75 Å². The molecule has 0 aromatic heterocycles. The van der Waals surface area contributed by atoms with Crippen molar-refractivity contribution in [2.75, 3.05) is 19.7 Å². The molecule has 0 aliphatic rings. The predicted molar refractivity (Wildman–Crippen MR) is 88.2 cm³/mol. The van der Waals surface area contributed by atoms with E-state index in [0.717, 1.165) is 19.5 Å². The van der Waals surface area contributed by atoms with Crippen molar-refractivity contribution in [1.82, 2.24) is 4.90 Å². The molecule has 1 aromatic rings. The summed E-state index contributed by atoms with van der Waals surface area (Å²) < 4.78 is 5.84. The zero-order valence-corrected chi connectivity index (χ0v) is 13.9. The summed E-state index contributed by atoms with van der Waals surface area (Å²) in [5, 5.41) is 0. The van der Waals surface area contributed by atoms with Gasteiger partial charge in [0.15, 0.2) is 5.78 Å². The monoisotopic (exact) mass is 291 g/mol. The van der Waals surface area contributed by atoms with Gasteiger partial charge in [-0.2, -0.15) is 0 Å². The first kappa shape index (κ1) is 17.7. The lowest BCUT2D eigenvalue weighted by Crippen LogP contribution is -2.36. The molecule has 1 atom stereocenters. The highest BCUT2D eigenvalue weighted by Gasteiger charge is 2.12. The molecule has 3 heteroatoms. The van der Waals surface area contributed by atoms with E-state index in [-0.39, 0.29) is 5.78 Å². The summed E-state index contributed by atoms with van der Waals surface area (Å²) in [5.74, 6) is 0.750. The van der Waals surface area contributed by atoms with Crippen LogP contribution in [0.15, 0.2) is 24.3 Å². The maximum Gasteiger partial charge on any atom is 0.163 e. The van der Waals surface area contributed by atoms with Crippen molar-refractivity contribution in [2.45, 2.75) is 53.0 Å². The Labute approximate surface area is 129 Å². The van der Waals surface area contributed by atoms with Crippen molar-refractivity contribution >= 4 is 5.78 Å². The number of rotatable bonds is 10. The third-order valence-electron chi connectivity index (χ3n) is 3.92. The molecular weight excluding hydrogens is 262 g/mol. The van der Waals surface area contributed by atoms with Crippen LogP contribution in [0, 0.1) is 0 Å². The van der Waals surface area contributed by atoms with Crippen molar-refractivity contribution in [2.24, 2.45) is 0 Å². The number of hydrogen-bond acceptors (Lipinski definition) is 3. The molecule has 1 unspecified atom stereocenters. The molecule has 0 N–H and O–H groups in total. The van der Waals surface area contributed by atoms with E-state index in [1.54, 1.807) is 6.92 Å². The van der Waals surface area contributed by atoms with Gasteiger partial charge in [-0.15, -0.1) is 0 Å². The molecule has 0 aliphatic heterocycles. The number of carbonyl (C=O) groups excluding carboxylic acids is 1. The van der Waals surface area contributed by atoms with Gasteiger partial charge >= 0.3 is 0 Å². The lowest BCUT2D eigenvalue weighted by Gasteiger charge is -2.28. The zero-order chi connectivity index (χ0) is 15.7. The van der Waals surface area contributed by atoms with Crippen LogP contribution < -0.4 is 4.74 Å². The first-order chi connectivity index (χ1) is 10.1. The third-order valence-corrected chi connectivity index (χ3v) is 3.92. The van der Waals surface area contributed by atoms with E-state index >= 15 is 0 Å². The summed E-state index contributed by atoms with van der Waals surface area (Å²) in [6.07, 6.45) is 3.57. The van der Waals surface area contributed by atoms with Gasteiger partial charge in [0.25, 0.3) is 0 Å². The van der Waals surface area contributed by atoms with Gasteiger partial charge < -0.3 is 4.74 Å². The van der Waals surface area contributed by atoms with Crippen LogP contribution in [0.1, 0.15) is 57.3 Å². The molecule has 0 heterocycles. The van der Waals surface area contributed by atoms with Crippen LogP contribution in [0.4, 0.5) is 0 Å². The first-order valence-electron chi connectivity index (χ1n) is 8.06. The van der Waals surface area contributed by atoms with Gasteiger partial charge in [-0.3, -0.25) is 9.69 Å². The van der Waals surface area contributed by atoms with Crippen molar-refractivity contribution in [3.8, 4) is 5.75 Å². The number of unbranched alkanes of at least 4 members (excludes halogenated alkanes) is 1. The molecule has 0 saturated carbocycles. The average Bonchev–Trinajstić information content (AvgIpc) is 2.50. The maximum atomic E-state index is 11.6. The molecule has 0 aliphatic carbocycles. The van der Waals surface area contributed by atoms with Gasteiger partial charge in [-0.1, -0.05) is 32.4 Å². The number of ether oxygens (including phenoxy) is 1. The average molecular weight is 291 g/mol. The van der Waals surface area contributed by atoms with Crippen molar-refractivity contribution in [3.63, 3.8) is 0 Å². The molecular formula is C18H29NO2. The van der Waals surface area contributed by atoms with E-state index in [1.807, 2.05) is 24.3 Å². The van der Waals surface area contributed by atoms with Crippen LogP contribution in [0.2, 0.25) is 0 Å². The lowest BCUT2D eigenvalue weighted by atomic mass is 10.1. The summed E-state index contributed by atoms with van der Waals surface area (Å²) in [5.41, 5.74) is 0.668. The van der Waals surface area contributed by atoms with Crippen molar-refractivity contribution in [1.29, 1.82) is 0 Å². The smallest absolute Gasteiger partial charge is 0.163 e. The van der Waals surface area contributed by atoms with E-state index in [1.165, 1.54) is 12.8 Å². The fourth-order valence-corrected chi connectivity index (χ4v) is 2.33. The number of hydrogen-bond donors (Lipinski definition) is 0. The number of benzene rings is 1. The summed E-state index contributed by atoms with van der Waals surface area (Å²) in [7, 11) is 0. The van der Waals surface area contributed by atoms with Gasteiger partial charge in [0, 0.05) is 12.6 Å². The molecule has 3 nitrogen and oxygen atoms in total. The largest absolute Gasteiger partial charge is 0.491 e. The fourth-order valence-electron chi connectivity index (χ4n) is 2.33. The van der Waals surface area contributed by atoms with Crippen LogP contribution >= 0.6 is 0 Å². The van der Waals surface area contributed by atoms with E-state index in [9.17, 15) is 4.79 Å². The summed E-state index contributed by atoms with van der Waals surface area (Å²) in [6.45, 7) is 10.9. The highest BCUT2D eigenvalue weighted by molar-refractivity contribution is 5.96. The van der Waals surface area contributed by atoms with Crippen LogP contribution in [0.3, 0.4) is 0 Å². The number of Topliss-reactive ketones (excluding diaryl/α,β-unsaturated/α-hetero) is 1. The van der Waals surface area contributed by atoms with E-state index < -0.39 is 0 Å². The fraction of sp³-hybridized carbons (Fsp3) is 0.611. The first-order valence-corrected chi connectivity index (χ1v) is 8.06. The number of carbonyl (C=O) groups is 1.